The molecule has 0 aliphatic rings. The minimum Gasteiger partial charge on any atom is -0.277 e. The van der Waals surface area contributed by atoms with Gasteiger partial charge in [0.1, 0.15) is 0 Å². The standard InChI is InChI=1S/C13H12ClNS/c14-12-8-6-11(7-9-12)13(16-15)10-4-2-1-3-5-10/h1-9,13H,15H2. The normalized spacial score (nSPS) is 12.4. The van der Waals surface area contributed by atoms with E-state index in [0.29, 0.717) is 0 Å². The first-order valence-electron chi connectivity index (χ1n) is 4.97. The van der Waals surface area contributed by atoms with E-state index in [-0.39, 0.29) is 5.25 Å². The maximum atomic E-state index is 5.87. The Morgan fingerprint density at radius 2 is 1.44 bits per heavy atom. The Labute approximate surface area is 105 Å². The number of hydrogen-bond acceptors (Lipinski definition) is 2. The molecule has 0 aliphatic heterocycles. The van der Waals surface area contributed by atoms with Gasteiger partial charge in [-0.05, 0) is 23.3 Å². The first kappa shape index (κ1) is 11.5. The second-order valence-corrected chi connectivity index (χ2v) is 4.66. The molecule has 0 spiro atoms. The fourth-order valence-corrected chi connectivity index (χ4v) is 2.37. The van der Waals surface area contributed by atoms with Crippen molar-refractivity contribution in [2.24, 2.45) is 5.14 Å². The van der Waals surface area contributed by atoms with Crippen LogP contribution in [0.3, 0.4) is 0 Å². The molecule has 2 aromatic rings. The van der Waals surface area contributed by atoms with Gasteiger partial charge < -0.3 is 0 Å². The molecule has 82 valence electrons. The number of halogens is 1. The second kappa shape index (κ2) is 5.39. The van der Waals surface area contributed by atoms with E-state index in [1.54, 1.807) is 0 Å². The molecular formula is C13H12ClNS. The molecule has 16 heavy (non-hydrogen) atoms. The molecule has 2 aromatic carbocycles. The lowest BCUT2D eigenvalue weighted by Gasteiger charge is -2.14. The van der Waals surface area contributed by atoms with Gasteiger partial charge in [0.05, 0.1) is 5.25 Å². The molecule has 1 unspecified atom stereocenters. The zero-order valence-corrected chi connectivity index (χ0v) is 10.2. The monoisotopic (exact) mass is 249 g/mol. The van der Waals surface area contributed by atoms with Gasteiger partial charge in [-0.2, -0.15) is 0 Å². The Bertz CT molecular complexity index is 441. The Balaban J connectivity index is 2.33. The lowest BCUT2D eigenvalue weighted by molar-refractivity contribution is 1.16. The third-order valence-corrected chi connectivity index (χ3v) is 3.48. The fraction of sp³-hybridized carbons (Fsp3) is 0.0769. The highest BCUT2D eigenvalue weighted by molar-refractivity contribution is 7.97. The summed E-state index contributed by atoms with van der Waals surface area (Å²) in [5, 5.41) is 6.67. The van der Waals surface area contributed by atoms with Gasteiger partial charge in [0.15, 0.2) is 0 Å². The van der Waals surface area contributed by atoms with Crippen LogP contribution in [-0.4, -0.2) is 0 Å². The van der Waals surface area contributed by atoms with Crippen molar-refractivity contribution in [3.05, 3.63) is 70.7 Å². The number of rotatable bonds is 3. The summed E-state index contributed by atoms with van der Waals surface area (Å²) < 4.78 is 0. The van der Waals surface area contributed by atoms with Gasteiger partial charge in [0.25, 0.3) is 0 Å². The van der Waals surface area contributed by atoms with Crippen molar-refractivity contribution < 1.29 is 0 Å². The number of benzene rings is 2. The van der Waals surface area contributed by atoms with Crippen molar-refractivity contribution >= 4 is 23.5 Å². The summed E-state index contributed by atoms with van der Waals surface area (Å²) in [5.41, 5.74) is 2.38. The summed E-state index contributed by atoms with van der Waals surface area (Å²) in [6.45, 7) is 0. The zero-order valence-electron chi connectivity index (χ0n) is 8.64. The maximum Gasteiger partial charge on any atom is 0.0689 e. The number of hydrogen-bond donors (Lipinski definition) is 1. The van der Waals surface area contributed by atoms with Crippen molar-refractivity contribution in [2.75, 3.05) is 0 Å². The van der Waals surface area contributed by atoms with Crippen LogP contribution in [0.1, 0.15) is 16.4 Å². The maximum absolute atomic E-state index is 5.87. The molecular weight excluding hydrogens is 238 g/mol. The molecule has 0 aromatic heterocycles. The van der Waals surface area contributed by atoms with Gasteiger partial charge in [0, 0.05) is 5.02 Å². The van der Waals surface area contributed by atoms with Gasteiger partial charge in [-0.3, -0.25) is 5.14 Å². The van der Waals surface area contributed by atoms with E-state index in [4.69, 9.17) is 16.7 Å². The molecule has 0 fully saturated rings. The van der Waals surface area contributed by atoms with E-state index in [0.717, 1.165) is 5.02 Å². The summed E-state index contributed by atoms with van der Waals surface area (Å²) in [4.78, 5) is 0. The van der Waals surface area contributed by atoms with Crippen molar-refractivity contribution in [1.29, 1.82) is 0 Å². The minimum absolute atomic E-state index is 0.165. The Hall–Kier alpha value is -0.960. The van der Waals surface area contributed by atoms with E-state index < -0.39 is 0 Å². The van der Waals surface area contributed by atoms with Crippen LogP contribution in [0.2, 0.25) is 5.02 Å². The lowest BCUT2D eigenvalue weighted by Crippen LogP contribution is -1.99. The quantitative estimate of drug-likeness (QED) is 0.831. The molecule has 1 atom stereocenters. The van der Waals surface area contributed by atoms with Crippen LogP contribution < -0.4 is 5.14 Å². The molecule has 1 nitrogen and oxygen atoms in total. The zero-order chi connectivity index (χ0) is 11.4. The highest BCUT2D eigenvalue weighted by atomic mass is 35.5. The van der Waals surface area contributed by atoms with Crippen molar-refractivity contribution in [1.82, 2.24) is 0 Å². The molecule has 0 saturated carbocycles. The van der Waals surface area contributed by atoms with Crippen LogP contribution >= 0.6 is 23.5 Å². The molecule has 0 saturated heterocycles. The molecule has 0 bridgehead atoms. The molecule has 0 amide bonds. The van der Waals surface area contributed by atoms with E-state index in [2.05, 4.69) is 12.1 Å². The van der Waals surface area contributed by atoms with Gasteiger partial charge in [-0.15, -0.1) is 0 Å². The second-order valence-electron chi connectivity index (χ2n) is 3.48. The van der Waals surface area contributed by atoms with Crippen LogP contribution in [0.5, 0.6) is 0 Å². The van der Waals surface area contributed by atoms with E-state index >= 15 is 0 Å². The summed E-state index contributed by atoms with van der Waals surface area (Å²) in [6.07, 6.45) is 0. The summed E-state index contributed by atoms with van der Waals surface area (Å²) in [7, 11) is 0. The average molecular weight is 250 g/mol. The molecule has 2 rings (SSSR count). The predicted molar refractivity (Wildman–Crippen MR) is 71.5 cm³/mol. The van der Waals surface area contributed by atoms with Crippen molar-refractivity contribution in [3.63, 3.8) is 0 Å². The summed E-state index contributed by atoms with van der Waals surface area (Å²) in [6, 6.07) is 18.0. The molecule has 2 N–H and O–H groups in total. The van der Waals surface area contributed by atoms with Gasteiger partial charge >= 0.3 is 0 Å². The Morgan fingerprint density at radius 3 is 2.00 bits per heavy atom. The average Bonchev–Trinajstić information content (AvgIpc) is 2.34. The van der Waals surface area contributed by atoms with Crippen LogP contribution in [0.15, 0.2) is 54.6 Å². The largest absolute Gasteiger partial charge is 0.277 e. The molecule has 3 heteroatoms. The third-order valence-electron chi connectivity index (χ3n) is 2.41. The van der Waals surface area contributed by atoms with E-state index in [1.165, 1.54) is 23.1 Å². The van der Waals surface area contributed by atoms with Gasteiger partial charge in [-0.25, -0.2) is 0 Å². The lowest BCUT2D eigenvalue weighted by atomic mass is 10.0. The van der Waals surface area contributed by atoms with Crippen molar-refractivity contribution in [3.8, 4) is 0 Å². The highest BCUT2D eigenvalue weighted by Crippen LogP contribution is 2.32. The topological polar surface area (TPSA) is 26.0 Å². The third kappa shape index (κ3) is 2.59. The van der Waals surface area contributed by atoms with E-state index in [1.807, 2.05) is 42.5 Å². The van der Waals surface area contributed by atoms with E-state index in [9.17, 15) is 0 Å². The van der Waals surface area contributed by atoms with Crippen LogP contribution in [0, 0.1) is 0 Å². The highest BCUT2D eigenvalue weighted by Gasteiger charge is 2.12. The molecule has 0 aliphatic carbocycles. The predicted octanol–water partition coefficient (Wildman–Crippen LogP) is 4.04. The first-order valence-corrected chi connectivity index (χ1v) is 6.29. The Morgan fingerprint density at radius 1 is 0.875 bits per heavy atom. The smallest absolute Gasteiger partial charge is 0.0689 e. The molecule has 0 heterocycles. The van der Waals surface area contributed by atoms with Crippen molar-refractivity contribution in [2.45, 2.75) is 5.25 Å². The minimum atomic E-state index is 0.165. The molecule has 0 radical (unpaired) electrons. The first-order chi connectivity index (χ1) is 7.81. The summed E-state index contributed by atoms with van der Waals surface area (Å²) in [5.74, 6) is 0. The van der Waals surface area contributed by atoms with Gasteiger partial charge in [0.2, 0.25) is 0 Å². The van der Waals surface area contributed by atoms with Gasteiger partial charge in [-0.1, -0.05) is 66.0 Å². The van der Waals surface area contributed by atoms with Crippen LogP contribution in [-0.2, 0) is 0 Å². The Kier molecular flexibility index (Phi) is 3.88. The number of nitrogens with two attached hydrogens (primary N) is 1. The SMILES string of the molecule is NSC(c1ccccc1)c1ccc(Cl)cc1. The van der Waals surface area contributed by atoms with Crippen LogP contribution in [0.4, 0.5) is 0 Å². The van der Waals surface area contributed by atoms with Crippen LogP contribution in [0.25, 0.3) is 0 Å². The fourth-order valence-electron chi connectivity index (χ4n) is 1.61. The summed E-state index contributed by atoms with van der Waals surface area (Å²) >= 11 is 7.21.